The lowest BCUT2D eigenvalue weighted by molar-refractivity contribution is -0.136. The Labute approximate surface area is 166 Å². The number of nitrogens with zero attached hydrogens (tertiary/aromatic N) is 2. The van der Waals surface area contributed by atoms with Gasteiger partial charge in [-0.15, -0.1) is 23.7 Å². The van der Waals surface area contributed by atoms with E-state index in [1.54, 1.807) is 6.07 Å². The number of likely N-dealkylation sites (tertiary alicyclic amines) is 1. The molecule has 0 saturated carbocycles. The van der Waals surface area contributed by atoms with Crippen molar-refractivity contribution in [3.63, 3.8) is 0 Å². The molecule has 3 heterocycles. The summed E-state index contributed by atoms with van der Waals surface area (Å²) in [5.41, 5.74) is 0. The van der Waals surface area contributed by atoms with Gasteiger partial charge in [0, 0.05) is 24.5 Å². The number of carbonyl (C=O) groups is 1. The number of piperidine rings is 1. The molecule has 26 heavy (non-hydrogen) atoms. The number of nitrogens with one attached hydrogen (secondary N) is 1. The molecule has 2 fully saturated rings. The Morgan fingerprint density at radius 2 is 1.92 bits per heavy atom. The van der Waals surface area contributed by atoms with Crippen molar-refractivity contribution in [3.8, 4) is 0 Å². The Morgan fingerprint density at radius 1 is 1.23 bits per heavy atom. The molecule has 1 aromatic rings. The Kier molecular flexibility index (Phi) is 7.50. The molecular weight excluding hydrogens is 394 g/mol. The number of hydrogen-bond donors (Lipinski definition) is 1. The summed E-state index contributed by atoms with van der Waals surface area (Å²) < 4.78 is 27.7. The summed E-state index contributed by atoms with van der Waals surface area (Å²) in [4.78, 5) is 15.8. The van der Waals surface area contributed by atoms with Crippen molar-refractivity contribution < 1.29 is 13.2 Å². The van der Waals surface area contributed by atoms with Gasteiger partial charge in [-0.1, -0.05) is 0 Å². The van der Waals surface area contributed by atoms with E-state index in [1.807, 2.05) is 24.9 Å². The Bertz CT molecular complexity index is 715. The fraction of sp³-hybridized carbons (Fsp3) is 0.706. The molecule has 0 radical (unpaired) electrons. The van der Waals surface area contributed by atoms with E-state index in [9.17, 15) is 13.2 Å². The number of sulfonamides is 1. The van der Waals surface area contributed by atoms with Gasteiger partial charge in [-0.3, -0.25) is 4.79 Å². The van der Waals surface area contributed by atoms with Gasteiger partial charge in [0.2, 0.25) is 5.91 Å². The molecule has 6 nitrogen and oxygen atoms in total. The second kappa shape index (κ2) is 9.01. The van der Waals surface area contributed by atoms with Crippen LogP contribution < -0.4 is 5.32 Å². The maximum absolute atomic E-state index is 13.0. The summed E-state index contributed by atoms with van der Waals surface area (Å²) in [6, 6.07) is 2.93. The van der Waals surface area contributed by atoms with E-state index in [2.05, 4.69) is 5.32 Å². The SMILES string of the molecule is CNCC1CCN(C(=O)C2CCCN2S(=O)(=O)c2ccc(C)s2)CC1.Cl. The van der Waals surface area contributed by atoms with Crippen LogP contribution in [0.1, 0.15) is 30.6 Å². The summed E-state index contributed by atoms with van der Waals surface area (Å²) in [5, 5.41) is 3.19. The molecule has 1 atom stereocenters. The minimum absolute atomic E-state index is 0. The molecule has 1 amide bonds. The molecule has 0 bridgehead atoms. The molecule has 2 saturated heterocycles. The van der Waals surface area contributed by atoms with E-state index in [0.29, 0.717) is 23.1 Å². The molecule has 1 N–H and O–H groups in total. The van der Waals surface area contributed by atoms with Crippen LogP contribution in [-0.4, -0.2) is 62.8 Å². The standard InChI is InChI=1S/C17H27N3O3S2.ClH/c1-13-5-6-16(24-13)25(22,23)20-9-3-4-15(20)17(21)19-10-7-14(8-11-19)12-18-2;/h5-6,14-15,18H,3-4,7-12H2,1-2H3;1H. The highest BCUT2D eigenvalue weighted by Crippen LogP contribution is 2.31. The number of carbonyl (C=O) groups excluding carboxylic acids is 1. The maximum atomic E-state index is 13.0. The third kappa shape index (κ3) is 4.42. The van der Waals surface area contributed by atoms with E-state index in [-0.39, 0.29) is 18.3 Å². The van der Waals surface area contributed by atoms with Gasteiger partial charge in [-0.2, -0.15) is 4.31 Å². The molecule has 148 valence electrons. The highest BCUT2D eigenvalue weighted by Gasteiger charge is 2.42. The van der Waals surface area contributed by atoms with Crippen LogP contribution in [-0.2, 0) is 14.8 Å². The van der Waals surface area contributed by atoms with Crippen LogP contribution in [0.5, 0.6) is 0 Å². The number of halogens is 1. The number of rotatable bonds is 5. The molecule has 2 aliphatic heterocycles. The molecule has 1 aromatic heterocycles. The third-order valence-electron chi connectivity index (χ3n) is 5.19. The Balaban J connectivity index is 0.00000243. The zero-order valence-electron chi connectivity index (χ0n) is 15.3. The number of thiophene rings is 1. The first-order valence-electron chi connectivity index (χ1n) is 8.95. The smallest absolute Gasteiger partial charge is 0.253 e. The second-order valence-corrected chi connectivity index (χ2v) is 10.4. The quantitative estimate of drug-likeness (QED) is 0.790. The van der Waals surface area contributed by atoms with Crippen molar-refractivity contribution in [1.82, 2.24) is 14.5 Å². The van der Waals surface area contributed by atoms with E-state index >= 15 is 0 Å². The van der Waals surface area contributed by atoms with Crippen molar-refractivity contribution in [2.75, 3.05) is 33.2 Å². The van der Waals surface area contributed by atoms with Crippen molar-refractivity contribution in [1.29, 1.82) is 0 Å². The maximum Gasteiger partial charge on any atom is 0.253 e. The Morgan fingerprint density at radius 3 is 2.50 bits per heavy atom. The highest BCUT2D eigenvalue weighted by atomic mass is 35.5. The van der Waals surface area contributed by atoms with Crippen molar-refractivity contribution in [2.24, 2.45) is 5.92 Å². The van der Waals surface area contributed by atoms with Crippen molar-refractivity contribution in [2.45, 2.75) is 42.9 Å². The van der Waals surface area contributed by atoms with E-state index < -0.39 is 16.1 Å². The van der Waals surface area contributed by atoms with Crippen LogP contribution in [0.15, 0.2) is 16.3 Å². The molecule has 2 aliphatic rings. The van der Waals surface area contributed by atoms with Gasteiger partial charge in [0.25, 0.3) is 10.0 Å². The topological polar surface area (TPSA) is 69.7 Å². The summed E-state index contributed by atoms with van der Waals surface area (Å²) in [6.07, 6.45) is 3.33. The minimum atomic E-state index is -3.58. The highest BCUT2D eigenvalue weighted by molar-refractivity contribution is 7.91. The second-order valence-electron chi connectivity index (χ2n) is 6.97. The number of aryl methyl sites for hydroxylation is 1. The van der Waals surface area contributed by atoms with E-state index in [0.717, 1.165) is 43.8 Å². The van der Waals surface area contributed by atoms with Gasteiger partial charge in [0.15, 0.2) is 0 Å². The summed E-state index contributed by atoms with van der Waals surface area (Å²) in [7, 11) is -1.63. The molecule has 9 heteroatoms. The van der Waals surface area contributed by atoms with Gasteiger partial charge in [0.05, 0.1) is 0 Å². The van der Waals surface area contributed by atoms with Crippen LogP contribution >= 0.6 is 23.7 Å². The summed E-state index contributed by atoms with van der Waals surface area (Å²) >= 11 is 1.28. The van der Waals surface area contributed by atoms with Gasteiger partial charge in [-0.25, -0.2) is 8.42 Å². The molecule has 0 aliphatic carbocycles. The first kappa shape index (κ1) is 21.6. The van der Waals surface area contributed by atoms with Gasteiger partial charge < -0.3 is 10.2 Å². The monoisotopic (exact) mass is 421 g/mol. The van der Waals surface area contributed by atoms with E-state index in [1.165, 1.54) is 15.6 Å². The van der Waals surface area contributed by atoms with Gasteiger partial charge in [0.1, 0.15) is 10.3 Å². The van der Waals surface area contributed by atoms with Crippen molar-refractivity contribution >= 4 is 39.7 Å². The van der Waals surface area contributed by atoms with Crippen LogP contribution in [0, 0.1) is 12.8 Å². The van der Waals surface area contributed by atoms with E-state index in [4.69, 9.17) is 0 Å². The molecule has 0 spiro atoms. The number of amides is 1. The minimum Gasteiger partial charge on any atom is -0.341 e. The summed E-state index contributed by atoms with van der Waals surface area (Å²) in [5.74, 6) is 0.587. The normalized spacial score (nSPS) is 22.4. The van der Waals surface area contributed by atoms with Gasteiger partial charge in [-0.05, 0) is 64.3 Å². The lowest BCUT2D eigenvalue weighted by Crippen LogP contribution is -2.50. The molecule has 1 unspecified atom stereocenters. The van der Waals surface area contributed by atoms with Crippen LogP contribution in [0.2, 0.25) is 0 Å². The lowest BCUT2D eigenvalue weighted by atomic mass is 9.96. The molecule has 0 aromatic carbocycles. The third-order valence-corrected chi connectivity index (χ3v) is 8.56. The van der Waals surface area contributed by atoms with Crippen LogP contribution in [0.4, 0.5) is 0 Å². The van der Waals surface area contributed by atoms with Crippen molar-refractivity contribution in [3.05, 3.63) is 17.0 Å². The predicted octanol–water partition coefficient (Wildman–Crippen LogP) is 2.09. The predicted molar refractivity (Wildman–Crippen MR) is 106 cm³/mol. The zero-order valence-corrected chi connectivity index (χ0v) is 17.8. The number of hydrogen-bond acceptors (Lipinski definition) is 5. The summed E-state index contributed by atoms with van der Waals surface area (Å²) in [6.45, 7) is 4.77. The van der Waals surface area contributed by atoms with Crippen LogP contribution in [0.25, 0.3) is 0 Å². The zero-order chi connectivity index (χ0) is 18.0. The average molecular weight is 422 g/mol. The first-order chi connectivity index (χ1) is 11.9. The van der Waals surface area contributed by atoms with Gasteiger partial charge >= 0.3 is 0 Å². The Hall–Kier alpha value is -0.670. The fourth-order valence-corrected chi connectivity index (χ4v) is 6.86. The average Bonchev–Trinajstić information content (AvgIpc) is 3.25. The molecule has 3 rings (SSSR count). The molecular formula is C17H28ClN3O3S2. The largest absolute Gasteiger partial charge is 0.341 e. The first-order valence-corrected chi connectivity index (χ1v) is 11.2. The lowest BCUT2D eigenvalue weighted by Gasteiger charge is -2.35. The fourth-order valence-electron chi connectivity index (χ4n) is 3.80. The van der Waals surface area contributed by atoms with Crippen LogP contribution in [0.3, 0.4) is 0 Å².